The SMILES string of the molecule is O=C(NCc1ccccc1)c1ccc(Nc2ccc(F)c(F)c2F)cn1. The maximum atomic E-state index is 13.7. The normalized spacial score (nSPS) is 10.4. The largest absolute Gasteiger partial charge is 0.352 e. The molecule has 0 saturated heterocycles. The van der Waals surface area contributed by atoms with E-state index < -0.39 is 17.5 Å². The third-order valence-corrected chi connectivity index (χ3v) is 3.61. The van der Waals surface area contributed by atoms with Crippen LogP contribution in [0.2, 0.25) is 0 Å². The van der Waals surface area contributed by atoms with E-state index in [0.29, 0.717) is 12.2 Å². The van der Waals surface area contributed by atoms with Gasteiger partial charge in [-0.25, -0.2) is 18.2 Å². The summed E-state index contributed by atoms with van der Waals surface area (Å²) in [4.78, 5) is 16.1. The number of carbonyl (C=O) groups is 1. The number of pyridine rings is 1. The Hall–Kier alpha value is -3.35. The Morgan fingerprint density at radius 3 is 2.38 bits per heavy atom. The topological polar surface area (TPSA) is 54.0 Å². The van der Waals surface area contributed by atoms with Crippen LogP contribution < -0.4 is 10.6 Å². The van der Waals surface area contributed by atoms with Crippen LogP contribution in [0.3, 0.4) is 0 Å². The number of nitrogens with zero attached hydrogens (tertiary/aromatic N) is 1. The van der Waals surface area contributed by atoms with E-state index in [1.807, 2.05) is 30.3 Å². The first-order valence-corrected chi connectivity index (χ1v) is 7.73. The molecule has 0 spiro atoms. The molecule has 3 rings (SSSR count). The maximum Gasteiger partial charge on any atom is 0.270 e. The Morgan fingerprint density at radius 2 is 1.69 bits per heavy atom. The molecule has 4 nitrogen and oxygen atoms in total. The quantitative estimate of drug-likeness (QED) is 0.674. The molecule has 1 heterocycles. The van der Waals surface area contributed by atoms with Gasteiger partial charge in [-0.1, -0.05) is 30.3 Å². The van der Waals surface area contributed by atoms with E-state index in [4.69, 9.17) is 0 Å². The van der Waals surface area contributed by atoms with Crippen molar-refractivity contribution >= 4 is 17.3 Å². The molecule has 0 aliphatic rings. The lowest BCUT2D eigenvalue weighted by molar-refractivity contribution is 0.0946. The second-order valence-electron chi connectivity index (χ2n) is 5.45. The Bertz CT molecular complexity index is 915. The highest BCUT2D eigenvalue weighted by Gasteiger charge is 2.14. The molecule has 0 unspecified atom stereocenters. The summed E-state index contributed by atoms with van der Waals surface area (Å²) in [5, 5.41) is 5.32. The summed E-state index contributed by atoms with van der Waals surface area (Å²) in [5.41, 5.74) is 1.23. The third kappa shape index (κ3) is 4.00. The molecule has 1 aromatic heterocycles. The zero-order chi connectivity index (χ0) is 18.5. The Balaban J connectivity index is 1.65. The van der Waals surface area contributed by atoms with E-state index in [-0.39, 0.29) is 17.3 Å². The van der Waals surface area contributed by atoms with Crippen LogP contribution in [0.5, 0.6) is 0 Å². The molecule has 0 atom stereocenters. The molecule has 0 aliphatic carbocycles. The number of nitrogens with one attached hydrogen (secondary N) is 2. The molecule has 2 aromatic carbocycles. The van der Waals surface area contributed by atoms with Crippen molar-refractivity contribution in [2.45, 2.75) is 6.54 Å². The second kappa shape index (κ2) is 7.69. The summed E-state index contributed by atoms with van der Waals surface area (Å²) in [6.07, 6.45) is 1.30. The van der Waals surface area contributed by atoms with Crippen LogP contribution in [0.25, 0.3) is 0 Å². The number of hydrogen-bond acceptors (Lipinski definition) is 3. The summed E-state index contributed by atoms with van der Waals surface area (Å²) < 4.78 is 39.8. The van der Waals surface area contributed by atoms with E-state index in [1.165, 1.54) is 18.3 Å². The fraction of sp³-hybridized carbons (Fsp3) is 0.0526. The van der Waals surface area contributed by atoms with Crippen LogP contribution >= 0.6 is 0 Å². The van der Waals surface area contributed by atoms with Gasteiger partial charge in [0, 0.05) is 6.54 Å². The van der Waals surface area contributed by atoms with Gasteiger partial charge in [-0.15, -0.1) is 0 Å². The molecule has 0 aliphatic heterocycles. The van der Waals surface area contributed by atoms with Crippen molar-refractivity contribution in [2.24, 2.45) is 0 Å². The summed E-state index contributed by atoms with van der Waals surface area (Å²) in [5.74, 6) is -4.51. The molecule has 0 saturated carbocycles. The highest BCUT2D eigenvalue weighted by atomic mass is 19.2. The Labute approximate surface area is 147 Å². The van der Waals surface area contributed by atoms with Crippen molar-refractivity contribution < 1.29 is 18.0 Å². The monoisotopic (exact) mass is 357 g/mol. The van der Waals surface area contributed by atoms with Gasteiger partial charge in [0.1, 0.15) is 5.69 Å². The first-order chi connectivity index (χ1) is 12.5. The number of benzene rings is 2. The summed E-state index contributed by atoms with van der Waals surface area (Å²) in [6.45, 7) is 0.363. The average Bonchev–Trinajstić information content (AvgIpc) is 2.68. The highest BCUT2D eigenvalue weighted by molar-refractivity contribution is 5.92. The van der Waals surface area contributed by atoms with Gasteiger partial charge in [0.2, 0.25) is 0 Å². The average molecular weight is 357 g/mol. The van der Waals surface area contributed by atoms with Gasteiger partial charge in [-0.2, -0.15) is 0 Å². The van der Waals surface area contributed by atoms with Gasteiger partial charge in [0.15, 0.2) is 17.5 Å². The van der Waals surface area contributed by atoms with Crippen LogP contribution in [0.15, 0.2) is 60.8 Å². The first kappa shape index (κ1) is 17.5. The number of hydrogen-bond donors (Lipinski definition) is 2. The van der Waals surface area contributed by atoms with Crippen LogP contribution in [0, 0.1) is 17.5 Å². The van der Waals surface area contributed by atoms with Gasteiger partial charge < -0.3 is 10.6 Å². The Kier molecular flexibility index (Phi) is 5.17. The van der Waals surface area contributed by atoms with Crippen molar-refractivity contribution in [3.63, 3.8) is 0 Å². The molecule has 0 bridgehead atoms. The standard InChI is InChI=1S/C19H14F3N3O/c20-14-7-9-15(18(22)17(14)21)25-13-6-8-16(23-11-13)19(26)24-10-12-4-2-1-3-5-12/h1-9,11,25H,10H2,(H,24,26). The van der Waals surface area contributed by atoms with Gasteiger partial charge in [-0.3, -0.25) is 4.79 Å². The zero-order valence-electron chi connectivity index (χ0n) is 13.5. The number of amides is 1. The molecule has 0 fully saturated rings. The summed E-state index contributed by atoms with van der Waals surface area (Å²) in [6, 6.07) is 14.2. The first-order valence-electron chi connectivity index (χ1n) is 7.73. The number of rotatable bonds is 5. The molecular formula is C19H14F3N3O. The van der Waals surface area contributed by atoms with Gasteiger partial charge in [0.05, 0.1) is 17.6 Å². The molecule has 1 amide bonds. The van der Waals surface area contributed by atoms with E-state index in [2.05, 4.69) is 15.6 Å². The van der Waals surface area contributed by atoms with Gasteiger partial charge in [-0.05, 0) is 29.8 Å². The predicted molar refractivity (Wildman–Crippen MR) is 91.4 cm³/mol. The smallest absolute Gasteiger partial charge is 0.270 e. The molecule has 7 heteroatoms. The number of carbonyl (C=O) groups excluding carboxylic acids is 1. The second-order valence-corrected chi connectivity index (χ2v) is 5.45. The summed E-state index contributed by atoms with van der Waals surface area (Å²) in [7, 11) is 0. The highest BCUT2D eigenvalue weighted by Crippen LogP contribution is 2.23. The molecular weight excluding hydrogens is 343 g/mol. The Morgan fingerprint density at radius 1 is 0.923 bits per heavy atom. The van der Waals surface area contributed by atoms with E-state index in [9.17, 15) is 18.0 Å². The van der Waals surface area contributed by atoms with E-state index >= 15 is 0 Å². The molecule has 132 valence electrons. The lowest BCUT2D eigenvalue weighted by Crippen LogP contribution is -2.23. The lowest BCUT2D eigenvalue weighted by atomic mass is 10.2. The van der Waals surface area contributed by atoms with Gasteiger partial charge in [0.25, 0.3) is 5.91 Å². The fourth-order valence-corrected chi connectivity index (χ4v) is 2.25. The van der Waals surface area contributed by atoms with Crippen LogP contribution in [0.4, 0.5) is 24.5 Å². The molecule has 3 aromatic rings. The van der Waals surface area contributed by atoms with Crippen LogP contribution in [-0.4, -0.2) is 10.9 Å². The molecule has 0 radical (unpaired) electrons. The van der Waals surface area contributed by atoms with E-state index in [1.54, 1.807) is 0 Å². The zero-order valence-corrected chi connectivity index (χ0v) is 13.5. The van der Waals surface area contributed by atoms with Gasteiger partial charge >= 0.3 is 0 Å². The van der Waals surface area contributed by atoms with E-state index in [0.717, 1.165) is 17.7 Å². The van der Waals surface area contributed by atoms with Crippen molar-refractivity contribution in [1.29, 1.82) is 0 Å². The minimum Gasteiger partial charge on any atom is -0.352 e. The van der Waals surface area contributed by atoms with Crippen LogP contribution in [-0.2, 0) is 6.54 Å². The minimum atomic E-state index is -1.56. The molecule has 26 heavy (non-hydrogen) atoms. The summed E-state index contributed by atoms with van der Waals surface area (Å²) >= 11 is 0. The fourth-order valence-electron chi connectivity index (χ4n) is 2.25. The maximum absolute atomic E-state index is 13.7. The van der Waals surface area contributed by atoms with Crippen molar-refractivity contribution in [3.05, 3.63) is 89.5 Å². The predicted octanol–water partition coefficient (Wildman–Crippen LogP) is 4.17. The lowest BCUT2D eigenvalue weighted by Gasteiger charge is -2.09. The minimum absolute atomic E-state index is 0.178. The third-order valence-electron chi connectivity index (χ3n) is 3.61. The number of aromatic nitrogens is 1. The van der Waals surface area contributed by atoms with Crippen molar-refractivity contribution in [2.75, 3.05) is 5.32 Å². The van der Waals surface area contributed by atoms with Crippen molar-refractivity contribution in [1.82, 2.24) is 10.3 Å². The molecule has 2 N–H and O–H groups in total. The van der Waals surface area contributed by atoms with Crippen LogP contribution in [0.1, 0.15) is 16.1 Å². The number of anilines is 2. The number of halogens is 3. The van der Waals surface area contributed by atoms with Crippen molar-refractivity contribution in [3.8, 4) is 0 Å².